The number of nitrogens with zero attached hydrogens (tertiary/aromatic N) is 4. The summed E-state index contributed by atoms with van der Waals surface area (Å²) in [5.74, 6) is 0.713. The maximum atomic E-state index is 5.79. The number of aryl methyl sites for hydroxylation is 3. The lowest BCUT2D eigenvalue weighted by atomic mass is 10.1. The zero-order chi connectivity index (χ0) is 11.7. The first-order valence-electron chi connectivity index (χ1n) is 4.85. The van der Waals surface area contributed by atoms with Crippen molar-refractivity contribution >= 4 is 5.69 Å². The molecule has 0 fully saturated rings. The minimum absolute atomic E-state index is 0.354. The minimum Gasteiger partial charge on any atom is -0.423 e. The normalized spacial score (nSPS) is 10.4. The molecule has 2 rings (SSSR count). The lowest BCUT2D eigenvalue weighted by Gasteiger charge is -2.09. The number of nitrogens with two attached hydrogens (primary N) is 1. The Kier molecular flexibility index (Phi) is 2.47. The number of tetrazole rings is 1. The van der Waals surface area contributed by atoms with Gasteiger partial charge in [-0.1, -0.05) is 5.10 Å². The molecule has 6 nitrogen and oxygen atoms in total. The Morgan fingerprint density at radius 2 is 2.00 bits per heavy atom. The van der Waals surface area contributed by atoms with Crippen LogP contribution in [0.2, 0.25) is 0 Å². The van der Waals surface area contributed by atoms with Gasteiger partial charge in [-0.15, -0.1) is 0 Å². The second-order valence-corrected chi connectivity index (χ2v) is 3.66. The lowest BCUT2D eigenvalue weighted by Crippen LogP contribution is -1.99. The second kappa shape index (κ2) is 3.80. The van der Waals surface area contributed by atoms with Gasteiger partial charge in [0.1, 0.15) is 5.75 Å². The Labute approximate surface area is 93.0 Å². The Morgan fingerprint density at radius 1 is 1.25 bits per heavy atom. The number of benzene rings is 1. The first-order valence-corrected chi connectivity index (χ1v) is 4.85. The highest BCUT2D eigenvalue weighted by atomic mass is 16.5. The zero-order valence-electron chi connectivity index (χ0n) is 9.43. The highest BCUT2D eigenvalue weighted by Gasteiger charge is 2.08. The van der Waals surface area contributed by atoms with Gasteiger partial charge >= 0.3 is 6.01 Å². The van der Waals surface area contributed by atoms with E-state index in [0.29, 0.717) is 11.8 Å². The first kappa shape index (κ1) is 10.4. The van der Waals surface area contributed by atoms with E-state index < -0.39 is 0 Å². The first-order chi connectivity index (χ1) is 7.58. The third-order valence-corrected chi connectivity index (χ3v) is 2.35. The third kappa shape index (κ3) is 1.81. The molecule has 0 aliphatic heterocycles. The van der Waals surface area contributed by atoms with Crippen LogP contribution < -0.4 is 10.5 Å². The van der Waals surface area contributed by atoms with Crippen LogP contribution in [0.4, 0.5) is 5.69 Å². The number of rotatable bonds is 2. The molecule has 0 unspecified atom stereocenters. The summed E-state index contributed by atoms with van der Waals surface area (Å²) in [6, 6.07) is 4.10. The molecule has 84 valence electrons. The average molecular weight is 219 g/mol. The molecule has 0 amide bonds. The van der Waals surface area contributed by atoms with E-state index in [1.165, 1.54) is 4.68 Å². The molecule has 2 aromatic rings. The number of nitrogen functional groups attached to an aromatic ring is 1. The van der Waals surface area contributed by atoms with E-state index in [4.69, 9.17) is 10.5 Å². The molecule has 1 aromatic heterocycles. The fourth-order valence-electron chi connectivity index (χ4n) is 1.33. The van der Waals surface area contributed by atoms with Gasteiger partial charge in [-0.2, -0.15) is 4.68 Å². The van der Waals surface area contributed by atoms with E-state index in [0.717, 1.165) is 16.8 Å². The van der Waals surface area contributed by atoms with Crippen molar-refractivity contribution in [1.29, 1.82) is 0 Å². The maximum absolute atomic E-state index is 5.79. The van der Waals surface area contributed by atoms with Gasteiger partial charge in [0.05, 0.1) is 0 Å². The summed E-state index contributed by atoms with van der Waals surface area (Å²) >= 11 is 0. The minimum atomic E-state index is 0.354. The molecule has 0 atom stereocenters. The maximum Gasteiger partial charge on any atom is 0.340 e. The van der Waals surface area contributed by atoms with Crippen LogP contribution in [0.5, 0.6) is 11.8 Å². The summed E-state index contributed by atoms with van der Waals surface area (Å²) in [7, 11) is 1.72. The number of hydrogen-bond acceptors (Lipinski definition) is 5. The summed E-state index contributed by atoms with van der Waals surface area (Å²) < 4.78 is 7.05. The summed E-state index contributed by atoms with van der Waals surface area (Å²) in [6.07, 6.45) is 0. The Hall–Kier alpha value is -2.11. The number of hydrogen-bond donors (Lipinski definition) is 1. The predicted octanol–water partition coefficient (Wildman–Crippen LogP) is 1.20. The van der Waals surface area contributed by atoms with Crippen LogP contribution in [0.1, 0.15) is 11.1 Å². The van der Waals surface area contributed by atoms with Crippen LogP contribution >= 0.6 is 0 Å². The molecule has 0 bridgehead atoms. The second-order valence-electron chi connectivity index (χ2n) is 3.66. The highest BCUT2D eigenvalue weighted by Crippen LogP contribution is 2.27. The van der Waals surface area contributed by atoms with Crippen molar-refractivity contribution < 1.29 is 4.74 Å². The van der Waals surface area contributed by atoms with Gasteiger partial charge in [0.2, 0.25) is 0 Å². The van der Waals surface area contributed by atoms with Gasteiger partial charge in [0, 0.05) is 12.7 Å². The largest absolute Gasteiger partial charge is 0.423 e. The van der Waals surface area contributed by atoms with Gasteiger partial charge in [0.25, 0.3) is 0 Å². The molecule has 0 saturated heterocycles. The van der Waals surface area contributed by atoms with E-state index in [1.54, 1.807) is 7.05 Å². The quantitative estimate of drug-likeness (QED) is 0.768. The molecule has 1 aromatic carbocycles. The molecule has 0 saturated carbocycles. The topological polar surface area (TPSA) is 78.9 Å². The monoisotopic (exact) mass is 219 g/mol. The Balaban J connectivity index is 2.35. The molecule has 0 spiro atoms. The van der Waals surface area contributed by atoms with Crippen LogP contribution in [-0.4, -0.2) is 20.2 Å². The van der Waals surface area contributed by atoms with Crippen LogP contribution in [0, 0.1) is 13.8 Å². The molecule has 0 radical (unpaired) electrons. The Bertz CT molecular complexity index is 520. The summed E-state index contributed by atoms with van der Waals surface area (Å²) in [6.45, 7) is 3.85. The standard InChI is InChI=1S/C10H13N5O/c1-6-5-9(7(2)4-8(6)11)16-10-12-13-14-15(10)3/h4-5H,11H2,1-3H3. The van der Waals surface area contributed by atoms with Gasteiger partial charge < -0.3 is 10.5 Å². The van der Waals surface area contributed by atoms with Crippen molar-refractivity contribution in [3.8, 4) is 11.8 Å². The van der Waals surface area contributed by atoms with E-state index in [1.807, 2.05) is 26.0 Å². The molecule has 16 heavy (non-hydrogen) atoms. The lowest BCUT2D eigenvalue weighted by molar-refractivity contribution is 0.412. The Morgan fingerprint density at radius 3 is 2.62 bits per heavy atom. The summed E-state index contributed by atoms with van der Waals surface area (Å²) in [5.41, 5.74) is 8.46. The SMILES string of the molecule is Cc1cc(Oc2nnnn2C)c(C)cc1N. The smallest absolute Gasteiger partial charge is 0.340 e. The molecule has 2 N–H and O–H groups in total. The third-order valence-electron chi connectivity index (χ3n) is 2.35. The van der Waals surface area contributed by atoms with Gasteiger partial charge in [-0.05, 0) is 47.5 Å². The molecular formula is C10H13N5O. The average Bonchev–Trinajstić information content (AvgIpc) is 2.61. The molecule has 0 aliphatic carbocycles. The van der Waals surface area contributed by atoms with Crippen molar-refractivity contribution in [3.05, 3.63) is 23.3 Å². The van der Waals surface area contributed by atoms with Crippen LogP contribution in [0.15, 0.2) is 12.1 Å². The summed E-state index contributed by atoms with van der Waals surface area (Å²) in [4.78, 5) is 0. The number of aromatic nitrogens is 4. The van der Waals surface area contributed by atoms with E-state index in [9.17, 15) is 0 Å². The van der Waals surface area contributed by atoms with Crippen molar-refractivity contribution in [2.24, 2.45) is 7.05 Å². The van der Waals surface area contributed by atoms with Crippen LogP contribution in [-0.2, 0) is 7.05 Å². The predicted molar refractivity (Wildman–Crippen MR) is 59.2 cm³/mol. The van der Waals surface area contributed by atoms with Crippen molar-refractivity contribution in [2.75, 3.05) is 5.73 Å². The molecule has 1 heterocycles. The van der Waals surface area contributed by atoms with E-state index in [-0.39, 0.29) is 0 Å². The summed E-state index contributed by atoms with van der Waals surface area (Å²) in [5, 5.41) is 10.9. The van der Waals surface area contributed by atoms with Gasteiger partial charge in [-0.25, -0.2) is 0 Å². The molecule has 6 heteroatoms. The fourth-order valence-corrected chi connectivity index (χ4v) is 1.33. The van der Waals surface area contributed by atoms with Gasteiger partial charge in [-0.3, -0.25) is 0 Å². The fraction of sp³-hybridized carbons (Fsp3) is 0.300. The van der Waals surface area contributed by atoms with Gasteiger partial charge in [0.15, 0.2) is 0 Å². The highest BCUT2D eigenvalue weighted by molar-refractivity contribution is 5.54. The molecular weight excluding hydrogens is 206 g/mol. The van der Waals surface area contributed by atoms with Crippen LogP contribution in [0.25, 0.3) is 0 Å². The number of ether oxygens (including phenoxy) is 1. The van der Waals surface area contributed by atoms with Crippen molar-refractivity contribution in [1.82, 2.24) is 20.2 Å². The van der Waals surface area contributed by atoms with Crippen molar-refractivity contribution in [2.45, 2.75) is 13.8 Å². The molecule has 0 aliphatic rings. The van der Waals surface area contributed by atoms with E-state index >= 15 is 0 Å². The number of anilines is 1. The van der Waals surface area contributed by atoms with E-state index in [2.05, 4.69) is 15.5 Å². The zero-order valence-corrected chi connectivity index (χ0v) is 9.43. The van der Waals surface area contributed by atoms with Crippen LogP contribution in [0.3, 0.4) is 0 Å². The van der Waals surface area contributed by atoms with Crippen molar-refractivity contribution in [3.63, 3.8) is 0 Å².